The molecule has 86 valence electrons. The van der Waals surface area contributed by atoms with E-state index in [9.17, 15) is 9.18 Å². The molecule has 0 saturated carbocycles. The van der Waals surface area contributed by atoms with Gasteiger partial charge in [-0.2, -0.15) is 10.2 Å². The fourth-order valence-corrected chi connectivity index (χ4v) is 1.15. The number of benzene rings is 1. The Morgan fingerprint density at radius 1 is 1.50 bits per heavy atom. The first-order valence-corrected chi connectivity index (χ1v) is 4.98. The van der Waals surface area contributed by atoms with Crippen LogP contribution in [-0.2, 0) is 11.3 Å². The Hall–Kier alpha value is -1.78. The number of hydrogen-bond donors (Lipinski definition) is 1. The van der Waals surface area contributed by atoms with Crippen LogP contribution in [0.3, 0.4) is 0 Å². The van der Waals surface area contributed by atoms with Crippen LogP contribution in [0, 0.1) is 5.82 Å². The molecule has 0 aliphatic rings. The van der Waals surface area contributed by atoms with Gasteiger partial charge in [-0.15, -0.1) is 0 Å². The largest absolute Gasteiger partial charge is 0.480 e. The molecule has 1 aromatic carbocycles. The van der Waals surface area contributed by atoms with E-state index in [2.05, 4.69) is 10.2 Å². The number of halogens is 1. The summed E-state index contributed by atoms with van der Waals surface area (Å²) in [6.07, 6.45) is 0.371. The van der Waals surface area contributed by atoms with Crippen molar-refractivity contribution in [3.8, 4) is 0 Å². The second-order valence-electron chi connectivity index (χ2n) is 3.27. The van der Waals surface area contributed by atoms with Crippen molar-refractivity contribution in [2.45, 2.75) is 25.9 Å². The summed E-state index contributed by atoms with van der Waals surface area (Å²) in [5, 5.41) is 16.0. The van der Waals surface area contributed by atoms with Gasteiger partial charge >= 0.3 is 5.97 Å². The smallest absolute Gasteiger partial charge is 0.330 e. The highest BCUT2D eigenvalue weighted by Gasteiger charge is 2.12. The standard InChI is InChI=1S/C11H13FN2O2/c1-2-10(11(15)16)14-13-7-8-5-3-4-6-9(8)12/h3-6,10H,2,7H2,1H3,(H,15,16). The number of carboxylic acid groups (broad SMARTS) is 1. The van der Waals surface area contributed by atoms with Gasteiger partial charge in [0.25, 0.3) is 0 Å². The summed E-state index contributed by atoms with van der Waals surface area (Å²) < 4.78 is 13.1. The molecule has 0 spiro atoms. The minimum absolute atomic E-state index is 0.0659. The summed E-state index contributed by atoms with van der Waals surface area (Å²) >= 11 is 0. The van der Waals surface area contributed by atoms with E-state index >= 15 is 0 Å². The number of carbonyl (C=O) groups is 1. The van der Waals surface area contributed by atoms with Crippen molar-refractivity contribution < 1.29 is 14.3 Å². The highest BCUT2D eigenvalue weighted by atomic mass is 19.1. The third kappa shape index (κ3) is 3.42. The topological polar surface area (TPSA) is 62.0 Å². The van der Waals surface area contributed by atoms with Gasteiger partial charge in [0, 0.05) is 5.56 Å². The maximum atomic E-state index is 13.1. The van der Waals surface area contributed by atoms with Gasteiger partial charge in [0.2, 0.25) is 0 Å². The Labute approximate surface area is 92.8 Å². The third-order valence-corrected chi connectivity index (χ3v) is 2.09. The number of nitrogens with zero attached hydrogens (tertiary/aromatic N) is 2. The lowest BCUT2D eigenvalue weighted by Gasteiger charge is -2.01. The van der Waals surface area contributed by atoms with Gasteiger partial charge in [-0.3, -0.25) is 0 Å². The monoisotopic (exact) mass is 224 g/mol. The summed E-state index contributed by atoms with van der Waals surface area (Å²) in [5.74, 6) is -1.37. The lowest BCUT2D eigenvalue weighted by Crippen LogP contribution is -2.15. The highest BCUT2D eigenvalue weighted by molar-refractivity contribution is 5.73. The summed E-state index contributed by atoms with van der Waals surface area (Å²) in [6, 6.07) is 5.37. The quantitative estimate of drug-likeness (QED) is 0.781. The Kier molecular flexibility index (Phi) is 4.57. The molecule has 5 heteroatoms. The maximum absolute atomic E-state index is 13.1. The van der Waals surface area contributed by atoms with E-state index in [-0.39, 0.29) is 12.4 Å². The molecule has 0 aliphatic heterocycles. The van der Waals surface area contributed by atoms with Crippen molar-refractivity contribution in [3.05, 3.63) is 35.6 Å². The Balaban J connectivity index is 2.60. The van der Waals surface area contributed by atoms with Crippen molar-refractivity contribution in [1.82, 2.24) is 0 Å². The van der Waals surface area contributed by atoms with Crippen LogP contribution in [0.5, 0.6) is 0 Å². The predicted molar refractivity (Wildman–Crippen MR) is 56.7 cm³/mol. The third-order valence-electron chi connectivity index (χ3n) is 2.09. The van der Waals surface area contributed by atoms with Crippen LogP contribution in [0.1, 0.15) is 18.9 Å². The molecule has 0 radical (unpaired) electrons. The van der Waals surface area contributed by atoms with Crippen molar-refractivity contribution >= 4 is 5.97 Å². The van der Waals surface area contributed by atoms with Crippen molar-refractivity contribution in [1.29, 1.82) is 0 Å². The molecule has 16 heavy (non-hydrogen) atoms. The zero-order valence-corrected chi connectivity index (χ0v) is 8.93. The average molecular weight is 224 g/mol. The van der Waals surface area contributed by atoms with Crippen molar-refractivity contribution in [2.24, 2.45) is 10.2 Å². The first-order chi connectivity index (χ1) is 7.65. The van der Waals surface area contributed by atoms with E-state index in [1.807, 2.05) is 0 Å². The van der Waals surface area contributed by atoms with E-state index in [0.29, 0.717) is 12.0 Å². The Bertz CT molecular complexity index is 393. The lowest BCUT2D eigenvalue weighted by atomic mass is 10.2. The zero-order valence-electron chi connectivity index (χ0n) is 8.93. The van der Waals surface area contributed by atoms with Gasteiger partial charge < -0.3 is 5.11 Å². The molecule has 1 N–H and O–H groups in total. The van der Waals surface area contributed by atoms with Gasteiger partial charge in [-0.25, -0.2) is 9.18 Å². The fourth-order valence-electron chi connectivity index (χ4n) is 1.15. The molecule has 1 atom stereocenters. The first kappa shape index (κ1) is 12.3. The van der Waals surface area contributed by atoms with Crippen molar-refractivity contribution in [3.63, 3.8) is 0 Å². The molecule has 1 aromatic rings. The molecule has 0 fully saturated rings. The van der Waals surface area contributed by atoms with Gasteiger partial charge in [0.15, 0.2) is 6.04 Å². The highest BCUT2D eigenvalue weighted by Crippen LogP contribution is 2.08. The Morgan fingerprint density at radius 3 is 2.75 bits per heavy atom. The number of hydrogen-bond acceptors (Lipinski definition) is 3. The molecule has 0 aliphatic carbocycles. The van der Waals surface area contributed by atoms with Crippen LogP contribution < -0.4 is 0 Å². The molecule has 4 nitrogen and oxygen atoms in total. The van der Waals surface area contributed by atoms with Gasteiger partial charge in [0.05, 0.1) is 6.54 Å². The van der Waals surface area contributed by atoms with Gasteiger partial charge in [-0.1, -0.05) is 25.1 Å². The second kappa shape index (κ2) is 5.95. The summed E-state index contributed by atoms with van der Waals surface area (Å²) in [5.41, 5.74) is 0.409. The predicted octanol–water partition coefficient (Wildman–Crippen LogP) is 2.64. The number of rotatable bonds is 5. The average Bonchev–Trinajstić information content (AvgIpc) is 2.26. The van der Waals surface area contributed by atoms with E-state index in [1.165, 1.54) is 6.07 Å². The molecule has 1 rings (SSSR count). The van der Waals surface area contributed by atoms with E-state index in [1.54, 1.807) is 25.1 Å². The molecule has 0 saturated heterocycles. The molecular weight excluding hydrogens is 211 g/mol. The number of carboxylic acids is 1. The minimum Gasteiger partial charge on any atom is -0.480 e. The van der Waals surface area contributed by atoms with E-state index < -0.39 is 12.0 Å². The number of aliphatic carboxylic acids is 1. The zero-order chi connectivity index (χ0) is 12.0. The first-order valence-electron chi connectivity index (χ1n) is 4.98. The molecular formula is C11H13FN2O2. The summed E-state index contributed by atoms with van der Waals surface area (Å²) in [6.45, 7) is 1.78. The van der Waals surface area contributed by atoms with Crippen LogP contribution in [0.2, 0.25) is 0 Å². The minimum atomic E-state index is -1.01. The van der Waals surface area contributed by atoms with E-state index in [0.717, 1.165) is 0 Å². The van der Waals surface area contributed by atoms with Crippen LogP contribution >= 0.6 is 0 Å². The van der Waals surface area contributed by atoms with Crippen LogP contribution in [-0.4, -0.2) is 17.1 Å². The second-order valence-corrected chi connectivity index (χ2v) is 3.27. The van der Waals surface area contributed by atoms with Gasteiger partial charge in [-0.05, 0) is 12.5 Å². The molecule has 1 unspecified atom stereocenters. The number of azo groups is 1. The molecule has 0 bridgehead atoms. The normalized spacial score (nSPS) is 12.9. The van der Waals surface area contributed by atoms with Gasteiger partial charge in [0.1, 0.15) is 5.82 Å². The van der Waals surface area contributed by atoms with Crippen LogP contribution in [0.15, 0.2) is 34.5 Å². The fraction of sp³-hybridized carbons (Fsp3) is 0.364. The summed E-state index contributed by atoms with van der Waals surface area (Å²) in [7, 11) is 0. The lowest BCUT2D eigenvalue weighted by molar-refractivity contribution is -0.138. The van der Waals surface area contributed by atoms with Crippen LogP contribution in [0.4, 0.5) is 4.39 Å². The summed E-state index contributed by atoms with van der Waals surface area (Å²) in [4.78, 5) is 10.6. The Morgan fingerprint density at radius 2 is 2.19 bits per heavy atom. The molecule has 0 amide bonds. The van der Waals surface area contributed by atoms with E-state index in [4.69, 9.17) is 5.11 Å². The van der Waals surface area contributed by atoms with Crippen LogP contribution in [0.25, 0.3) is 0 Å². The maximum Gasteiger partial charge on any atom is 0.330 e. The molecule has 0 heterocycles. The SMILES string of the molecule is CCC(N=NCc1ccccc1F)C(=O)O. The van der Waals surface area contributed by atoms with Crippen molar-refractivity contribution in [2.75, 3.05) is 0 Å². The molecule has 0 aromatic heterocycles.